The van der Waals surface area contributed by atoms with Gasteiger partial charge in [0.15, 0.2) is 12.3 Å². The molecule has 0 unspecified atom stereocenters. The van der Waals surface area contributed by atoms with Gasteiger partial charge in [0.05, 0.1) is 33.5 Å². The topological polar surface area (TPSA) is 48.1 Å². The highest BCUT2D eigenvalue weighted by atomic mass is 19.4. The third kappa shape index (κ3) is 7.54. The van der Waals surface area contributed by atoms with Gasteiger partial charge >= 0.3 is 24.7 Å². The van der Waals surface area contributed by atoms with Gasteiger partial charge in [0.2, 0.25) is 11.5 Å². The molecular weight excluding hydrogens is 768 g/mol. The predicted octanol–water partition coefficient (Wildman–Crippen LogP) is 10.8. The van der Waals surface area contributed by atoms with Crippen LogP contribution < -0.4 is 5.11 Å². The summed E-state index contributed by atoms with van der Waals surface area (Å²) in [5.74, 6) is -1.66. The Hall–Kier alpha value is -4.76. The van der Waals surface area contributed by atoms with Gasteiger partial charge in [-0.15, -0.1) is 0 Å². The highest BCUT2D eigenvalue weighted by Crippen LogP contribution is 2.46. The average molecular weight is 805 g/mol. The van der Waals surface area contributed by atoms with Crippen LogP contribution in [0.2, 0.25) is 0 Å². The average Bonchev–Trinajstić information content (AvgIpc) is 3.50. The maximum Gasteiger partial charge on any atom is 0.416 e. The maximum absolute atomic E-state index is 14.4. The van der Waals surface area contributed by atoms with E-state index in [2.05, 4.69) is 0 Å². The van der Waals surface area contributed by atoms with Gasteiger partial charge in [0.25, 0.3) is 0 Å². The van der Waals surface area contributed by atoms with Gasteiger partial charge in [0.1, 0.15) is 0 Å². The summed E-state index contributed by atoms with van der Waals surface area (Å²) in [6.45, 7) is 8.90. The minimum absolute atomic E-state index is 0.00683. The summed E-state index contributed by atoms with van der Waals surface area (Å²) in [7, 11) is 0. The number of allylic oxidation sites excluding steroid dienone is 4. The van der Waals surface area contributed by atoms with E-state index in [-0.39, 0.29) is 47.5 Å². The van der Waals surface area contributed by atoms with Crippen LogP contribution in [-0.4, -0.2) is 20.6 Å². The molecular formula is C40H36F12N2O2. The zero-order valence-corrected chi connectivity index (χ0v) is 31.0. The van der Waals surface area contributed by atoms with Crippen molar-refractivity contribution < 1.29 is 67.2 Å². The van der Waals surface area contributed by atoms with Gasteiger partial charge in [-0.25, -0.2) is 0 Å². The molecule has 1 aromatic heterocycles. The Balaban J connectivity index is 1.74. The highest BCUT2D eigenvalue weighted by Gasteiger charge is 2.45. The van der Waals surface area contributed by atoms with Crippen LogP contribution in [0.3, 0.4) is 0 Å². The van der Waals surface area contributed by atoms with Gasteiger partial charge in [-0.05, 0) is 85.7 Å². The molecule has 0 N–H and O–H groups in total. The number of benzene rings is 2. The van der Waals surface area contributed by atoms with Gasteiger partial charge in [0, 0.05) is 41.4 Å². The molecule has 0 saturated heterocycles. The number of rotatable bonds is 9. The standard InChI is InChI=1S/C40H36F12N2O2/c1-7-27-19(5)53(17-21-11-23(37(41,42)43)15-24(12-21)38(44,45)46)33(29(27)9-3)31-35(55)32(36(31)56)34-30(10-4)28(8-2)20(6)54(34)18-22-13-25(39(47,48)49)16-26(14-22)40(50,51)52/h11-16H,7-10,17-18H2,1-6H3. The van der Waals surface area contributed by atoms with Crippen molar-refractivity contribution >= 4 is 17.1 Å². The Morgan fingerprint density at radius 3 is 1.39 bits per heavy atom. The van der Waals surface area contributed by atoms with Crippen molar-refractivity contribution in [1.29, 1.82) is 0 Å². The van der Waals surface area contributed by atoms with Crippen molar-refractivity contribution in [2.75, 3.05) is 0 Å². The highest BCUT2D eigenvalue weighted by molar-refractivity contribution is 6.39. The van der Waals surface area contributed by atoms with Crippen molar-refractivity contribution in [1.82, 2.24) is 4.57 Å². The molecule has 4 nitrogen and oxygen atoms in total. The first kappa shape index (κ1) is 42.4. The summed E-state index contributed by atoms with van der Waals surface area (Å²) < 4.78 is 168. The van der Waals surface area contributed by atoms with Crippen molar-refractivity contribution in [3.05, 3.63) is 120 Å². The fraction of sp³-hybridized carbons (Fsp3) is 0.400. The second-order valence-corrected chi connectivity index (χ2v) is 13.6. The first-order valence-corrected chi connectivity index (χ1v) is 17.6. The number of aromatic nitrogens is 1. The van der Waals surface area contributed by atoms with Crippen LogP contribution in [0.15, 0.2) is 64.6 Å². The quantitative estimate of drug-likeness (QED) is 0.123. The summed E-state index contributed by atoms with van der Waals surface area (Å²) in [6, 6.07) is 2.25. The normalized spacial score (nSPS) is 17.2. The summed E-state index contributed by atoms with van der Waals surface area (Å²) in [6.07, 6.45) is -19.4. The van der Waals surface area contributed by atoms with Crippen molar-refractivity contribution in [3.8, 4) is 0 Å². The molecule has 0 radical (unpaired) electrons. The van der Waals surface area contributed by atoms with E-state index in [1.54, 1.807) is 41.5 Å². The minimum Gasteiger partial charge on any atom is -0.871 e. The van der Waals surface area contributed by atoms with Crippen LogP contribution in [0.4, 0.5) is 52.7 Å². The van der Waals surface area contributed by atoms with Gasteiger partial charge in [-0.3, -0.25) is 4.79 Å². The smallest absolute Gasteiger partial charge is 0.416 e. The molecule has 0 fully saturated rings. The fourth-order valence-corrected chi connectivity index (χ4v) is 7.79. The number of carbonyl (C=O) groups is 1. The lowest BCUT2D eigenvalue weighted by molar-refractivity contribution is -0.488. The molecule has 5 rings (SSSR count). The number of carbonyl (C=O) groups excluding carboxylic acids is 1. The Morgan fingerprint density at radius 1 is 0.589 bits per heavy atom. The van der Waals surface area contributed by atoms with Crippen LogP contribution in [0.5, 0.6) is 0 Å². The van der Waals surface area contributed by atoms with E-state index in [4.69, 9.17) is 0 Å². The zero-order valence-electron chi connectivity index (χ0n) is 31.0. The SMILES string of the molecule is CCC1=C(CC)/C(=C2\C(=O)C(c3c(CC)c(CC)c(C)n3Cc3cc(C(F)(F)F)cc(C(F)(F)F)c3)=C2[O-])[N+](Cc2cc(C(F)(F)F)cc(C(F)(F)F)c2)=C1C. The number of hydrogen-bond donors (Lipinski definition) is 0. The van der Waals surface area contributed by atoms with Crippen molar-refractivity contribution in [2.45, 2.75) is 105 Å². The lowest BCUT2D eigenvalue weighted by Crippen LogP contribution is -2.34. The van der Waals surface area contributed by atoms with Crippen LogP contribution in [0.1, 0.15) is 103 Å². The molecule has 16 heteroatoms. The lowest BCUT2D eigenvalue weighted by Gasteiger charge is -2.32. The van der Waals surface area contributed by atoms with E-state index in [0.717, 1.165) is 0 Å². The number of nitrogens with zero attached hydrogens (tertiary/aromatic N) is 2. The number of hydrogen-bond acceptors (Lipinski definition) is 2. The molecule has 0 spiro atoms. The molecule has 2 aliphatic rings. The van der Waals surface area contributed by atoms with Gasteiger partial charge in [-0.1, -0.05) is 33.5 Å². The summed E-state index contributed by atoms with van der Waals surface area (Å²) in [5, 5.41) is 14.4. The number of Topliss-reactive ketones (excluding diaryl/α,β-unsaturated/α-hetero) is 1. The fourth-order valence-electron chi connectivity index (χ4n) is 7.79. The summed E-state index contributed by atoms with van der Waals surface area (Å²) >= 11 is 0. The molecule has 1 aliphatic carbocycles. The molecule has 0 atom stereocenters. The van der Waals surface area contributed by atoms with E-state index in [0.29, 0.717) is 70.8 Å². The first-order chi connectivity index (χ1) is 25.8. The zero-order chi connectivity index (χ0) is 42.0. The molecule has 0 bridgehead atoms. The lowest BCUT2D eigenvalue weighted by atomic mass is 9.80. The second-order valence-electron chi connectivity index (χ2n) is 13.6. The number of alkyl halides is 12. The molecule has 56 heavy (non-hydrogen) atoms. The molecule has 3 aromatic rings. The van der Waals surface area contributed by atoms with Gasteiger partial charge in [-0.2, -0.15) is 57.3 Å². The van der Waals surface area contributed by atoms with E-state index in [1.165, 1.54) is 9.14 Å². The predicted molar refractivity (Wildman–Crippen MR) is 181 cm³/mol. The molecule has 2 heterocycles. The molecule has 1 aliphatic heterocycles. The Bertz CT molecular complexity index is 2170. The largest absolute Gasteiger partial charge is 0.871 e. The maximum atomic E-state index is 14.4. The van der Waals surface area contributed by atoms with E-state index >= 15 is 0 Å². The van der Waals surface area contributed by atoms with Crippen LogP contribution >= 0.6 is 0 Å². The molecule has 2 aromatic carbocycles. The summed E-state index contributed by atoms with van der Waals surface area (Å²) in [4.78, 5) is 14.4. The first-order valence-electron chi connectivity index (χ1n) is 17.6. The van der Waals surface area contributed by atoms with Gasteiger partial charge < -0.3 is 9.67 Å². The van der Waals surface area contributed by atoms with Crippen molar-refractivity contribution in [2.24, 2.45) is 0 Å². The summed E-state index contributed by atoms with van der Waals surface area (Å²) in [5.41, 5.74) is -4.70. The van der Waals surface area contributed by atoms with E-state index < -0.39 is 82.7 Å². The van der Waals surface area contributed by atoms with Crippen molar-refractivity contribution in [3.63, 3.8) is 0 Å². The Labute approximate surface area is 314 Å². The minimum atomic E-state index is -5.13. The molecule has 302 valence electrons. The van der Waals surface area contributed by atoms with Crippen LogP contribution in [-0.2, 0) is 55.4 Å². The molecule has 0 saturated carbocycles. The molecule has 0 amide bonds. The number of halogens is 12. The third-order valence-corrected chi connectivity index (χ3v) is 10.3. The third-order valence-electron chi connectivity index (χ3n) is 10.3. The monoisotopic (exact) mass is 804 g/mol. The van der Waals surface area contributed by atoms with Crippen LogP contribution in [0, 0.1) is 6.92 Å². The van der Waals surface area contributed by atoms with E-state index in [1.807, 2.05) is 0 Å². The van der Waals surface area contributed by atoms with Crippen LogP contribution in [0.25, 0.3) is 5.57 Å². The van der Waals surface area contributed by atoms with E-state index in [9.17, 15) is 62.6 Å². The Kier molecular flexibility index (Phi) is 11.1. The number of ketones is 1. The Morgan fingerprint density at radius 2 is 1.02 bits per heavy atom. The second kappa shape index (κ2) is 14.6.